The quantitative estimate of drug-likeness (QED) is 0.170. The van der Waals surface area contributed by atoms with Crippen LogP contribution < -0.4 is 0 Å². The van der Waals surface area contributed by atoms with Crippen LogP contribution in [0.2, 0.25) is 0 Å². The van der Waals surface area contributed by atoms with Gasteiger partial charge in [-0.15, -0.1) is 0 Å². The molecule has 0 unspecified atom stereocenters. The average Bonchev–Trinajstić information content (AvgIpc) is 3.99. The van der Waals surface area contributed by atoms with E-state index in [-0.39, 0.29) is 0 Å². The molecule has 0 aliphatic rings. The number of benzene rings is 8. The summed E-state index contributed by atoms with van der Waals surface area (Å²) in [6, 6.07) is 73.3. The monoisotopic (exact) mass is 753 g/mol. The number of nitrogens with zero attached hydrogens (tertiary/aromatic N) is 5. The van der Waals surface area contributed by atoms with Crippen LogP contribution in [0.3, 0.4) is 0 Å². The fourth-order valence-electron chi connectivity index (χ4n) is 9.00. The lowest BCUT2D eigenvalue weighted by Gasteiger charge is -2.13. The molecule has 4 heterocycles. The lowest BCUT2D eigenvalue weighted by Crippen LogP contribution is -1.99. The minimum absolute atomic E-state index is 0.680. The van der Waals surface area contributed by atoms with E-state index in [0.29, 0.717) is 5.82 Å². The third-order valence-electron chi connectivity index (χ3n) is 11.7. The maximum Gasteiger partial charge on any atom is 0.160 e. The maximum absolute atomic E-state index is 5.23. The van der Waals surface area contributed by atoms with Crippen LogP contribution in [0.5, 0.6) is 0 Å². The first-order chi connectivity index (χ1) is 29.3. The van der Waals surface area contributed by atoms with Crippen LogP contribution >= 0.6 is 0 Å². The molecular weight excluding hydrogens is 719 g/mol. The van der Waals surface area contributed by atoms with Gasteiger partial charge in [-0.25, -0.2) is 9.97 Å². The summed E-state index contributed by atoms with van der Waals surface area (Å²) in [4.78, 5) is 10.5. The van der Waals surface area contributed by atoms with Crippen molar-refractivity contribution in [1.29, 1.82) is 0 Å². The van der Waals surface area contributed by atoms with Crippen LogP contribution in [-0.2, 0) is 0 Å². The van der Waals surface area contributed by atoms with Gasteiger partial charge in [-0.05, 0) is 72.8 Å². The topological polar surface area (TPSA) is 40.6 Å². The first kappa shape index (κ1) is 33.2. The Morgan fingerprint density at radius 1 is 0.339 bits per heavy atom. The van der Waals surface area contributed by atoms with Gasteiger partial charge in [-0.1, -0.05) is 133 Å². The van der Waals surface area contributed by atoms with Gasteiger partial charge in [0.05, 0.1) is 39.0 Å². The van der Waals surface area contributed by atoms with Crippen molar-refractivity contribution in [1.82, 2.24) is 23.7 Å². The highest BCUT2D eigenvalue weighted by Gasteiger charge is 2.22. The zero-order chi connectivity index (χ0) is 38.9. The van der Waals surface area contributed by atoms with E-state index in [1.54, 1.807) is 0 Å². The van der Waals surface area contributed by atoms with E-state index < -0.39 is 0 Å². The van der Waals surface area contributed by atoms with Gasteiger partial charge < -0.3 is 13.7 Å². The van der Waals surface area contributed by atoms with E-state index in [1.807, 2.05) is 12.1 Å². The summed E-state index contributed by atoms with van der Waals surface area (Å²) in [7, 11) is 0. The van der Waals surface area contributed by atoms with Crippen LogP contribution in [0.15, 0.2) is 212 Å². The minimum atomic E-state index is 0.680. The summed E-state index contributed by atoms with van der Waals surface area (Å²) in [5, 5.41) is 6.03. The van der Waals surface area contributed by atoms with E-state index in [4.69, 9.17) is 9.97 Å². The van der Waals surface area contributed by atoms with E-state index in [2.05, 4.69) is 214 Å². The van der Waals surface area contributed by atoms with Gasteiger partial charge in [-0.2, -0.15) is 0 Å². The molecule has 0 spiro atoms. The molecule has 0 N–H and O–H groups in total. The normalized spacial score (nSPS) is 11.7. The highest BCUT2D eigenvalue weighted by atomic mass is 15.0. The zero-order valence-electron chi connectivity index (χ0n) is 31.9. The van der Waals surface area contributed by atoms with E-state index in [9.17, 15) is 0 Å². The Morgan fingerprint density at radius 3 is 1.66 bits per heavy atom. The first-order valence-electron chi connectivity index (χ1n) is 20.0. The third kappa shape index (κ3) is 5.33. The SMILES string of the molecule is c1ccc(-c2cc(-c3ccccc3)nc(-c3cccc(-n4c5cc6c(ccn6-c6ccccc6)cc5c5ccc6c(c7ccccc7n6-c6ccccc6)c54)c3)n2)cc1. The fraction of sp³-hybridized carbons (Fsp3) is 0. The molecule has 0 saturated heterocycles. The Balaban J connectivity index is 1.17. The molecule has 0 atom stereocenters. The number of para-hydroxylation sites is 3. The highest BCUT2D eigenvalue weighted by Crippen LogP contribution is 2.43. The van der Waals surface area contributed by atoms with Crippen molar-refractivity contribution in [2.24, 2.45) is 0 Å². The summed E-state index contributed by atoms with van der Waals surface area (Å²) in [5.74, 6) is 0.680. The molecule has 4 aromatic heterocycles. The van der Waals surface area contributed by atoms with Gasteiger partial charge in [0.2, 0.25) is 0 Å². The molecule has 0 amide bonds. The Kier molecular flexibility index (Phi) is 7.47. The van der Waals surface area contributed by atoms with E-state index in [1.165, 1.54) is 38.0 Å². The number of rotatable bonds is 6. The summed E-state index contributed by atoms with van der Waals surface area (Å²) in [6.07, 6.45) is 2.18. The Morgan fingerprint density at radius 2 is 0.949 bits per heavy atom. The van der Waals surface area contributed by atoms with Gasteiger partial charge in [-0.3, -0.25) is 0 Å². The first-order valence-corrected chi connectivity index (χ1v) is 20.0. The second-order valence-corrected chi connectivity index (χ2v) is 15.1. The molecule has 8 aromatic carbocycles. The zero-order valence-corrected chi connectivity index (χ0v) is 31.9. The van der Waals surface area contributed by atoms with E-state index >= 15 is 0 Å². The van der Waals surface area contributed by atoms with Crippen molar-refractivity contribution in [3.8, 4) is 51.0 Å². The molecule has 0 bridgehead atoms. The molecular formula is C54H35N5. The van der Waals surface area contributed by atoms with Crippen molar-refractivity contribution in [2.45, 2.75) is 0 Å². The average molecular weight is 754 g/mol. The molecule has 5 nitrogen and oxygen atoms in total. The van der Waals surface area contributed by atoms with E-state index in [0.717, 1.165) is 61.7 Å². The predicted octanol–water partition coefficient (Wildman–Crippen LogP) is 13.6. The molecule has 276 valence electrons. The van der Waals surface area contributed by atoms with Crippen LogP contribution in [0.4, 0.5) is 0 Å². The number of hydrogen-bond acceptors (Lipinski definition) is 2. The lowest BCUT2D eigenvalue weighted by atomic mass is 10.1. The number of aromatic nitrogens is 5. The molecule has 59 heavy (non-hydrogen) atoms. The molecule has 12 aromatic rings. The van der Waals surface area contributed by atoms with Crippen LogP contribution in [-0.4, -0.2) is 23.7 Å². The molecule has 0 aliphatic heterocycles. The summed E-state index contributed by atoms with van der Waals surface area (Å²) >= 11 is 0. The molecule has 0 aliphatic carbocycles. The standard InChI is InChI=1S/C54H35N5/c1-5-16-36(17-6-1)46-34-47(37-18-7-2-8-19-37)56-54(55-46)39-20-15-25-42(32-39)59-51-35-50-38(30-31-57(50)40-21-9-3-10-22-40)33-45(51)43-28-29-49-52(53(43)59)44-26-13-14-27-48(44)58(49)41-23-11-4-12-24-41/h1-35H. The Labute approximate surface area is 340 Å². The Bertz CT molecular complexity index is 3470. The summed E-state index contributed by atoms with van der Waals surface area (Å²) in [6.45, 7) is 0. The van der Waals surface area contributed by atoms with Gasteiger partial charge in [0.1, 0.15) is 0 Å². The molecule has 5 heteroatoms. The van der Waals surface area contributed by atoms with Crippen molar-refractivity contribution < 1.29 is 0 Å². The lowest BCUT2D eigenvalue weighted by molar-refractivity contribution is 1.12. The third-order valence-corrected chi connectivity index (χ3v) is 11.7. The van der Waals surface area contributed by atoms with Crippen LogP contribution in [0, 0.1) is 0 Å². The highest BCUT2D eigenvalue weighted by molar-refractivity contribution is 6.27. The molecule has 12 rings (SSSR count). The summed E-state index contributed by atoms with van der Waals surface area (Å²) in [5.41, 5.74) is 13.9. The van der Waals surface area contributed by atoms with Crippen molar-refractivity contribution >= 4 is 54.5 Å². The van der Waals surface area contributed by atoms with Crippen LogP contribution in [0.25, 0.3) is 105 Å². The smallest absolute Gasteiger partial charge is 0.160 e. The molecule has 0 saturated carbocycles. The Hall–Kier alpha value is -8.02. The van der Waals surface area contributed by atoms with Gasteiger partial charge in [0.25, 0.3) is 0 Å². The number of hydrogen-bond donors (Lipinski definition) is 0. The van der Waals surface area contributed by atoms with Gasteiger partial charge in [0.15, 0.2) is 5.82 Å². The minimum Gasteiger partial charge on any atom is -0.316 e. The van der Waals surface area contributed by atoms with Crippen molar-refractivity contribution in [3.05, 3.63) is 212 Å². The number of fused-ring (bicyclic) bond motifs is 8. The van der Waals surface area contributed by atoms with Gasteiger partial charge in [0, 0.05) is 66.9 Å². The molecule has 0 fully saturated rings. The van der Waals surface area contributed by atoms with Crippen molar-refractivity contribution in [2.75, 3.05) is 0 Å². The van der Waals surface area contributed by atoms with Crippen molar-refractivity contribution in [3.63, 3.8) is 0 Å². The van der Waals surface area contributed by atoms with Gasteiger partial charge >= 0.3 is 0 Å². The molecule has 0 radical (unpaired) electrons. The summed E-state index contributed by atoms with van der Waals surface area (Å²) < 4.78 is 7.16. The maximum atomic E-state index is 5.23. The second-order valence-electron chi connectivity index (χ2n) is 15.1. The predicted molar refractivity (Wildman–Crippen MR) is 244 cm³/mol. The fourth-order valence-corrected chi connectivity index (χ4v) is 9.00. The second kappa shape index (κ2) is 13.3. The van der Waals surface area contributed by atoms with Crippen LogP contribution in [0.1, 0.15) is 0 Å². The largest absolute Gasteiger partial charge is 0.316 e.